The molecule has 2 rings (SSSR count). The van der Waals surface area contributed by atoms with Gasteiger partial charge in [-0.25, -0.2) is 0 Å². The summed E-state index contributed by atoms with van der Waals surface area (Å²) in [5.74, 6) is 1.00. The molecule has 2 nitrogen and oxygen atoms in total. The van der Waals surface area contributed by atoms with Gasteiger partial charge in [0.2, 0.25) is 0 Å². The summed E-state index contributed by atoms with van der Waals surface area (Å²) in [6.45, 7) is 3.35. The largest absolute Gasteiger partial charge is 0.312 e. The van der Waals surface area contributed by atoms with Gasteiger partial charge in [0.15, 0.2) is 0 Å². The zero-order valence-electron chi connectivity index (χ0n) is 11.9. The van der Waals surface area contributed by atoms with Crippen molar-refractivity contribution in [2.24, 2.45) is 5.92 Å². The van der Waals surface area contributed by atoms with Crippen molar-refractivity contribution in [2.45, 2.75) is 38.3 Å². The Kier molecular flexibility index (Phi) is 4.79. The standard InChI is InChI=1S/C16H26N2/c1-13(11-14-9-10-14)17-12-16(18(2)3)15-7-5-4-6-8-15/h4-8,13-14,16-17H,9-12H2,1-3H3. The summed E-state index contributed by atoms with van der Waals surface area (Å²) in [4.78, 5) is 2.30. The maximum Gasteiger partial charge on any atom is 0.0466 e. The van der Waals surface area contributed by atoms with Crippen LogP contribution in [0.15, 0.2) is 30.3 Å². The highest BCUT2D eigenvalue weighted by molar-refractivity contribution is 5.19. The topological polar surface area (TPSA) is 15.3 Å². The molecule has 18 heavy (non-hydrogen) atoms. The van der Waals surface area contributed by atoms with E-state index in [0.29, 0.717) is 12.1 Å². The van der Waals surface area contributed by atoms with Gasteiger partial charge in [0.1, 0.15) is 0 Å². The second-order valence-electron chi connectivity index (χ2n) is 5.88. The van der Waals surface area contributed by atoms with E-state index in [1.807, 2.05) is 0 Å². The number of benzene rings is 1. The van der Waals surface area contributed by atoms with Crippen LogP contribution >= 0.6 is 0 Å². The van der Waals surface area contributed by atoms with Crippen molar-refractivity contribution >= 4 is 0 Å². The van der Waals surface area contributed by atoms with Gasteiger partial charge in [-0.05, 0) is 38.9 Å². The molecule has 0 spiro atoms. The summed E-state index contributed by atoms with van der Waals surface area (Å²) < 4.78 is 0. The van der Waals surface area contributed by atoms with Crippen LogP contribution in [0.2, 0.25) is 0 Å². The molecular weight excluding hydrogens is 220 g/mol. The number of nitrogens with zero attached hydrogens (tertiary/aromatic N) is 1. The predicted molar refractivity (Wildman–Crippen MR) is 77.7 cm³/mol. The van der Waals surface area contributed by atoms with Crippen LogP contribution in [0, 0.1) is 5.92 Å². The highest BCUT2D eigenvalue weighted by Gasteiger charge is 2.24. The Labute approximate surface area is 111 Å². The van der Waals surface area contributed by atoms with Crippen molar-refractivity contribution in [1.29, 1.82) is 0 Å². The predicted octanol–water partition coefficient (Wildman–Crippen LogP) is 3.07. The highest BCUT2D eigenvalue weighted by atomic mass is 15.1. The molecule has 2 heteroatoms. The summed E-state index contributed by atoms with van der Waals surface area (Å²) in [6.07, 6.45) is 4.23. The van der Waals surface area contributed by atoms with Crippen LogP contribution < -0.4 is 5.32 Å². The minimum atomic E-state index is 0.466. The third-order valence-electron chi connectivity index (χ3n) is 3.85. The summed E-state index contributed by atoms with van der Waals surface area (Å²) in [7, 11) is 4.32. The molecule has 0 bridgehead atoms. The van der Waals surface area contributed by atoms with Crippen molar-refractivity contribution in [3.63, 3.8) is 0 Å². The first kappa shape index (κ1) is 13.6. The Morgan fingerprint density at radius 3 is 2.44 bits per heavy atom. The summed E-state index contributed by atoms with van der Waals surface area (Å²) in [5, 5.41) is 3.69. The molecule has 0 aliphatic heterocycles. The maximum atomic E-state index is 3.69. The van der Waals surface area contributed by atoms with Crippen LogP contribution in [0.5, 0.6) is 0 Å². The molecule has 2 atom stereocenters. The first-order valence-corrected chi connectivity index (χ1v) is 7.11. The third-order valence-corrected chi connectivity index (χ3v) is 3.85. The number of hydrogen-bond acceptors (Lipinski definition) is 2. The Hall–Kier alpha value is -0.860. The SMILES string of the molecule is CC(CC1CC1)NCC(c1ccccc1)N(C)C. The van der Waals surface area contributed by atoms with Crippen molar-refractivity contribution in [1.82, 2.24) is 10.2 Å². The number of likely N-dealkylation sites (N-methyl/N-ethyl adjacent to an activating group) is 1. The molecule has 0 saturated heterocycles. The molecular formula is C16H26N2. The van der Waals surface area contributed by atoms with Crippen LogP contribution in [0.4, 0.5) is 0 Å². The first-order chi connectivity index (χ1) is 8.66. The first-order valence-electron chi connectivity index (χ1n) is 7.11. The van der Waals surface area contributed by atoms with E-state index in [-0.39, 0.29) is 0 Å². The van der Waals surface area contributed by atoms with Crippen LogP contribution in [0.25, 0.3) is 0 Å². The van der Waals surface area contributed by atoms with Crippen LogP contribution in [-0.4, -0.2) is 31.6 Å². The lowest BCUT2D eigenvalue weighted by atomic mass is 10.1. The van der Waals surface area contributed by atoms with E-state index >= 15 is 0 Å². The Balaban J connectivity index is 1.86. The normalized spacial score (nSPS) is 18.9. The second kappa shape index (κ2) is 6.35. The molecule has 1 fully saturated rings. The molecule has 1 aliphatic rings. The number of hydrogen-bond donors (Lipinski definition) is 1. The van der Waals surface area contributed by atoms with E-state index in [4.69, 9.17) is 0 Å². The summed E-state index contributed by atoms with van der Waals surface area (Å²) in [5.41, 5.74) is 1.40. The van der Waals surface area contributed by atoms with Gasteiger partial charge in [-0.2, -0.15) is 0 Å². The maximum absolute atomic E-state index is 3.69. The molecule has 1 N–H and O–H groups in total. The lowest BCUT2D eigenvalue weighted by Crippen LogP contribution is -2.36. The molecule has 0 amide bonds. The van der Waals surface area contributed by atoms with Gasteiger partial charge in [-0.15, -0.1) is 0 Å². The quantitative estimate of drug-likeness (QED) is 0.795. The van der Waals surface area contributed by atoms with Crippen molar-refractivity contribution in [2.75, 3.05) is 20.6 Å². The molecule has 0 aromatic heterocycles. The summed E-state index contributed by atoms with van der Waals surface area (Å²) in [6, 6.07) is 11.9. The molecule has 1 aliphatic carbocycles. The van der Waals surface area contributed by atoms with Crippen LogP contribution in [0.3, 0.4) is 0 Å². The average Bonchev–Trinajstić information content (AvgIpc) is 3.14. The molecule has 1 saturated carbocycles. The Morgan fingerprint density at radius 1 is 1.22 bits per heavy atom. The van der Waals surface area contributed by atoms with Crippen molar-refractivity contribution in [3.05, 3.63) is 35.9 Å². The second-order valence-corrected chi connectivity index (χ2v) is 5.88. The van der Waals surface area contributed by atoms with E-state index < -0.39 is 0 Å². The third kappa shape index (κ3) is 4.11. The van der Waals surface area contributed by atoms with Gasteiger partial charge >= 0.3 is 0 Å². The van der Waals surface area contributed by atoms with Gasteiger partial charge in [0.25, 0.3) is 0 Å². The summed E-state index contributed by atoms with van der Waals surface area (Å²) >= 11 is 0. The fourth-order valence-corrected chi connectivity index (χ4v) is 2.52. The molecule has 0 heterocycles. The molecule has 1 aromatic rings. The monoisotopic (exact) mass is 246 g/mol. The molecule has 100 valence electrons. The van der Waals surface area contributed by atoms with Crippen LogP contribution in [0.1, 0.15) is 37.8 Å². The van der Waals surface area contributed by atoms with E-state index in [2.05, 4.69) is 61.6 Å². The van der Waals surface area contributed by atoms with E-state index in [0.717, 1.165) is 12.5 Å². The highest BCUT2D eigenvalue weighted by Crippen LogP contribution is 2.33. The number of nitrogens with one attached hydrogen (secondary N) is 1. The van der Waals surface area contributed by atoms with Gasteiger partial charge in [0.05, 0.1) is 0 Å². The average molecular weight is 246 g/mol. The minimum absolute atomic E-state index is 0.466. The zero-order chi connectivity index (χ0) is 13.0. The van der Waals surface area contributed by atoms with Crippen molar-refractivity contribution < 1.29 is 0 Å². The van der Waals surface area contributed by atoms with Crippen molar-refractivity contribution in [3.8, 4) is 0 Å². The fourth-order valence-electron chi connectivity index (χ4n) is 2.52. The van der Waals surface area contributed by atoms with Gasteiger partial charge < -0.3 is 10.2 Å². The molecule has 0 radical (unpaired) electrons. The lowest BCUT2D eigenvalue weighted by Gasteiger charge is -2.27. The van der Waals surface area contributed by atoms with E-state index in [9.17, 15) is 0 Å². The minimum Gasteiger partial charge on any atom is -0.312 e. The number of rotatable bonds is 7. The fraction of sp³-hybridized carbons (Fsp3) is 0.625. The van der Waals surface area contributed by atoms with E-state index in [1.54, 1.807) is 0 Å². The molecule has 1 aromatic carbocycles. The van der Waals surface area contributed by atoms with Gasteiger partial charge in [0, 0.05) is 18.6 Å². The Bertz CT molecular complexity index is 343. The lowest BCUT2D eigenvalue weighted by molar-refractivity contribution is 0.278. The Morgan fingerprint density at radius 2 is 1.89 bits per heavy atom. The molecule has 2 unspecified atom stereocenters. The van der Waals surface area contributed by atoms with Crippen LogP contribution in [-0.2, 0) is 0 Å². The van der Waals surface area contributed by atoms with Gasteiger partial charge in [-0.3, -0.25) is 0 Å². The van der Waals surface area contributed by atoms with E-state index in [1.165, 1.54) is 24.8 Å². The zero-order valence-corrected chi connectivity index (χ0v) is 11.9. The smallest absolute Gasteiger partial charge is 0.0466 e. The van der Waals surface area contributed by atoms with Gasteiger partial charge in [-0.1, -0.05) is 43.2 Å².